The molecule has 188 valence electrons. The molecule has 0 aromatic heterocycles. The van der Waals surface area contributed by atoms with Gasteiger partial charge in [-0.25, -0.2) is 4.21 Å². The number of carbonyl (C=O) groups is 2. The fourth-order valence-corrected chi connectivity index (χ4v) is 4.55. The number of benzene rings is 3. The SMILES string of the molecule is CNC(=O)c1cc(-c2ccc3c(c2)CCN(c2ccc(O)c(NS(C)=O)c2)C3=O)cc(C(F)(F)F)c1. The number of anilines is 2. The zero-order chi connectivity index (χ0) is 26.2. The summed E-state index contributed by atoms with van der Waals surface area (Å²) in [6.45, 7) is 0.292. The van der Waals surface area contributed by atoms with E-state index in [1.165, 1.54) is 36.4 Å². The molecule has 4 rings (SSSR count). The number of hydrogen-bond acceptors (Lipinski definition) is 4. The van der Waals surface area contributed by atoms with Gasteiger partial charge in [-0.2, -0.15) is 13.2 Å². The highest BCUT2D eigenvalue weighted by Crippen LogP contribution is 2.36. The molecule has 0 bridgehead atoms. The smallest absolute Gasteiger partial charge is 0.416 e. The molecule has 1 heterocycles. The first-order valence-corrected chi connectivity index (χ1v) is 12.4. The van der Waals surface area contributed by atoms with Crippen molar-refractivity contribution in [1.82, 2.24) is 5.32 Å². The Bertz CT molecular complexity index is 1390. The van der Waals surface area contributed by atoms with Crippen LogP contribution in [0.25, 0.3) is 11.1 Å². The molecule has 2 amide bonds. The molecule has 3 aromatic carbocycles. The first-order valence-electron chi connectivity index (χ1n) is 10.8. The van der Waals surface area contributed by atoms with Gasteiger partial charge in [0.05, 0.1) is 11.3 Å². The molecule has 1 aliphatic heterocycles. The minimum absolute atomic E-state index is 0.110. The van der Waals surface area contributed by atoms with Crippen molar-refractivity contribution in [2.45, 2.75) is 12.6 Å². The van der Waals surface area contributed by atoms with Crippen LogP contribution in [0.4, 0.5) is 24.5 Å². The van der Waals surface area contributed by atoms with E-state index in [0.717, 1.165) is 12.1 Å². The second-order valence-corrected chi connectivity index (χ2v) is 9.32. The van der Waals surface area contributed by atoms with Gasteiger partial charge >= 0.3 is 6.18 Å². The zero-order valence-electron chi connectivity index (χ0n) is 19.3. The fraction of sp³-hybridized carbons (Fsp3) is 0.200. The predicted molar refractivity (Wildman–Crippen MR) is 131 cm³/mol. The number of fused-ring (bicyclic) bond motifs is 1. The van der Waals surface area contributed by atoms with Crippen LogP contribution in [0.15, 0.2) is 54.6 Å². The van der Waals surface area contributed by atoms with E-state index < -0.39 is 28.6 Å². The zero-order valence-corrected chi connectivity index (χ0v) is 20.1. The van der Waals surface area contributed by atoms with Gasteiger partial charge in [0.2, 0.25) is 0 Å². The van der Waals surface area contributed by atoms with Crippen molar-refractivity contribution >= 4 is 34.2 Å². The summed E-state index contributed by atoms with van der Waals surface area (Å²) >= 11 is 0. The number of phenolic OH excluding ortho intramolecular Hbond substituents is 1. The van der Waals surface area contributed by atoms with Crippen LogP contribution in [0.1, 0.15) is 31.8 Å². The fourth-order valence-electron chi connectivity index (χ4n) is 4.08. The minimum Gasteiger partial charge on any atom is -0.506 e. The van der Waals surface area contributed by atoms with Gasteiger partial charge in [-0.1, -0.05) is 12.1 Å². The van der Waals surface area contributed by atoms with Crippen LogP contribution < -0.4 is 14.9 Å². The van der Waals surface area contributed by atoms with Gasteiger partial charge < -0.3 is 20.0 Å². The minimum atomic E-state index is -4.63. The normalized spacial score (nSPS) is 14.2. The van der Waals surface area contributed by atoms with Crippen molar-refractivity contribution in [2.24, 2.45) is 0 Å². The molecule has 3 N–H and O–H groups in total. The van der Waals surface area contributed by atoms with Crippen LogP contribution in [-0.4, -0.2) is 41.0 Å². The van der Waals surface area contributed by atoms with Crippen molar-refractivity contribution in [2.75, 3.05) is 29.5 Å². The lowest BCUT2D eigenvalue weighted by atomic mass is 9.92. The quantitative estimate of drug-likeness (QED) is 0.439. The van der Waals surface area contributed by atoms with E-state index in [9.17, 15) is 32.1 Å². The Hall–Kier alpha value is -3.86. The van der Waals surface area contributed by atoms with Crippen LogP contribution in [0, 0.1) is 0 Å². The molecule has 1 aliphatic rings. The molecule has 3 aromatic rings. The number of hydrogen-bond donors (Lipinski definition) is 3. The van der Waals surface area contributed by atoms with Crippen molar-refractivity contribution in [3.8, 4) is 16.9 Å². The molecule has 0 fully saturated rings. The van der Waals surface area contributed by atoms with E-state index in [0.29, 0.717) is 35.3 Å². The molecular weight excluding hydrogens is 495 g/mol. The second-order valence-electron chi connectivity index (χ2n) is 8.21. The number of rotatable bonds is 5. The van der Waals surface area contributed by atoms with Gasteiger partial charge in [0.1, 0.15) is 16.7 Å². The lowest BCUT2D eigenvalue weighted by Gasteiger charge is -2.29. The molecule has 0 spiro atoms. The monoisotopic (exact) mass is 517 g/mol. The van der Waals surface area contributed by atoms with Crippen LogP contribution >= 0.6 is 0 Å². The highest BCUT2D eigenvalue weighted by atomic mass is 32.2. The molecule has 36 heavy (non-hydrogen) atoms. The number of carbonyl (C=O) groups excluding carboxylic acids is 2. The second kappa shape index (κ2) is 9.65. The van der Waals surface area contributed by atoms with Gasteiger partial charge in [-0.15, -0.1) is 0 Å². The first-order chi connectivity index (χ1) is 17.0. The van der Waals surface area contributed by atoms with Gasteiger partial charge in [-0.3, -0.25) is 9.59 Å². The Balaban J connectivity index is 1.69. The predicted octanol–water partition coefficient (Wildman–Crippen LogP) is 4.35. The van der Waals surface area contributed by atoms with Crippen molar-refractivity contribution in [1.29, 1.82) is 0 Å². The van der Waals surface area contributed by atoms with Crippen molar-refractivity contribution in [3.05, 3.63) is 76.9 Å². The summed E-state index contributed by atoms with van der Waals surface area (Å²) in [6.07, 6.45) is -2.79. The Morgan fingerprint density at radius 2 is 1.81 bits per heavy atom. The molecule has 7 nitrogen and oxygen atoms in total. The van der Waals surface area contributed by atoms with E-state index in [-0.39, 0.29) is 28.5 Å². The molecule has 0 aliphatic carbocycles. The van der Waals surface area contributed by atoms with Crippen LogP contribution in [0.5, 0.6) is 5.75 Å². The van der Waals surface area contributed by atoms with Gasteiger partial charge in [0, 0.05) is 36.7 Å². The van der Waals surface area contributed by atoms with Crippen molar-refractivity contribution in [3.63, 3.8) is 0 Å². The molecule has 1 unspecified atom stereocenters. The van der Waals surface area contributed by atoms with E-state index in [1.807, 2.05) is 0 Å². The van der Waals surface area contributed by atoms with Crippen LogP contribution in [-0.2, 0) is 23.6 Å². The van der Waals surface area contributed by atoms with Crippen LogP contribution in [0.2, 0.25) is 0 Å². The summed E-state index contributed by atoms with van der Waals surface area (Å²) in [5.41, 5.74) is 1.38. The average Bonchev–Trinajstić information content (AvgIpc) is 2.84. The standard InChI is InChI=1S/C25H22F3N3O4S/c1-29-23(33)17-10-16(11-18(12-17)25(26,27)28)14-3-5-20-15(9-14)7-8-31(24(20)34)19-4-6-22(32)21(13-19)30-36(2)35/h3-6,9-13,30,32H,7-8H2,1-2H3,(H,29,33). The third kappa shape index (κ3) is 5.06. The van der Waals surface area contributed by atoms with Crippen molar-refractivity contribution < 1.29 is 32.1 Å². The van der Waals surface area contributed by atoms with Crippen LogP contribution in [0.3, 0.4) is 0 Å². The van der Waals surface area contributed by atoms with Gasteiger partial charge in [0.15, 0.2) is 0 Å². The Labute approximate surface area is 207 Å². The number of amides is 2. The molecular formula is C25H22F3N3O4S. The Morgan fingerprint density at radius 3 is 2.47 bits per heavy atom. The summed E-state index contributed by atoms with van der Waals surface area (Å²) in [7, 11) is -0.0872. The van der Waals surface area contributed by atoms with E-state index >= 15 is 0 Å². The Kier molecular flexibility index (Phi) is 6.77. The maximum Gasteiger partial charge on any atom is 0.416 e. The van der Waals surface area contributed by atoms with E-state index in [4.69, 9.17) is 0 Å². The summed E-state index contributed by atoms with van der Waals surface area (Å²) in [4.78, 5) is 26.8. The maximum absolute atomic E-state index is 13.5. The summed E-state index contributed by atoms with van der Waals surface area (Å²) in [6, 6.07) is 12.4. The number of halogens is 3. The number of nitrogens with one attached hydrogen (secondary N) is 2. The third-order valence-corrected chi connectivity index (χ3v) is 6.32. The molecule has 11 heteroatoms. The molecule has 0 radical (unpaired) electrons. The maximum atomic E-state index is 13.5. The largest absolute Gasteiger partial charge is 0.506 e. The lowest BCUT2D eigenvalue weighted by Crippen LogP contribution is -2.37. The first kappa shape index (κ1) is 25.2. The number of phenols is 1. The Morgan fingerprint density at radius 1 is 1.06 bits per heavy atom. The number of aromatic hydroxyl groups is 1. The summed E-state index contributed by atoms with van der Waals surface area (Å²) in [5, 5.41) is 12.3. The highest BCUT2D eigenvalue weighted by Gasteiger charge is 2.32. The molecule has 0 saturated carbocycles. The van der Waals surface area contributed by atoms with Gasteiger partial charge in [0.25, 0.3) is 11.8 Å². The van der Waals surface area contributed by atoms with E-state index in [1.54, 1.807) is 24.3 Å². The molecule has 0 saturated heterocycles. The van der Waals surface area contributed by atoms with E-state index in [2.05, 4.69) is 10.0 Å². The average molecular weight is 518 g/mol. The summed E-state index contributed by atoms with van der Waals surface area (Å²) in [5.74, 6) is -1.06. The number of alkyl halides is 3. The third-order valence-electron chi connectivity index (χ3n) is 5.81. The topological polar surface area (TPSA) is 98.7 Å². The molecule has 1 atom stereocenters. The van der Waals surface area contributed by atoms with Gasteiger partial charge in [-0.05, 0) is 65.6 Å². The number of nitrogens with zero attached hydrogens (tertiary/aromatic N) is 1. The summed E-state index contributed by atoms with van der Waals surface area (Å²) < 4.78 is 54.5. The highest BCUT2D eigenvalue weighted by molar-refractivity contribution is 7.85. The lowest BCUT2D eigenvalue weighted by molar-refractivity contribution is -0.137.